The van der Waals surface area contributed by atoms with E-state index in [-0.39, 0.29) is 6.42 Å². The largest absolute Gasteiger partial charge is 0.461 e. The summed E-state index contributed by atoms with van der Waals surface area (Å²) < 4.78 is 1.22. The third-order valence-corrected chi connectivity index (χ3v) is 3.65. The van der Waals surface area contributed by atoms with Crippen LogP contribution >= 0.6 is 0 Å². The SMILES string of the molecule is CCCCCC(=O)OOC(=O)n1c(C)c(C=O)c2ccccc21. The lowest BCUT2D eigenvalue weighted by atomic mass is 10.1. The molecule has 0 aliphatic rings. The summed E-state index contributed by atoms with van der Waals surface area (Å²) in [5.74, 6) is -0.587. The number of unbranched alkanes of at least 4 members (excludes halogenated alkanes) is 2. The first-order valence-electron chi connectivity index (χ1n) is 7.57. The Kier molecular flexibility index (Phi) is 5.51. The first kappa shape index (κ1) is 16.7. The lowest BCUT2D eigenvalue weighted by Crippen LogP contribution is -2.18. The van der Waals surface area contributed by atoms with Crippen molar-refractivity contribution in [1.82, 2.24) is 4.57 Å². The van der Waals surface area contributed by atoms with E-state index in [1.807, 2.05) is 6.92 Å². The van der Waals surface area contributed by atoms with Crippen LogP contribution < -0.4 is 0 Å². The van der Waals surface area contributed by atoms with Crippen LogP contribution in [-0.2, 0) is 14.6 Å². The molecule has 0 aliphatic carbocycles. The summed E-state index contributed by atoms with van der Waals surface area (Å²) >= 11 is 0. The lowest BCUT2D eigenvalue weighted by molar-refractivity contribution is -0.232. The highest BCUT2D eigenvalue weighted by molar-refractivity contribution is 6.03. The van der Waals surface area contributed by atoms with E-state index in [2.05, 4.69) is 9.78 Å². The number of carbonyl (C=O) groups is 3. The van der Waals surface area contributed by atoms with Crippen molar-refractivity contribution < 1.29 is 24.2 Å². The molecule has 6 heteroatoms. The number of nitrogens with zero attached hydrogens (tertiary/aromatic N) is 1. The number of rotatable bonds is 5. The molecule has 1 heterocycles. The van der Waals surface area contributed by atoms with Gasteiger partial charge in [-0.15, -0.1) is 0 Å². The molecular formula is C17H19NO5. The first-order valence-corrected chi connectivity index (χ1v) is 7.57. The molecule has 0 amide bonds. The van der Waals surface area contributed by atoms with Crippen molar-refractivity contribution in [3.05, 3.63) is 35.5 Å². The molecule has 2 rings (SSSR count). The maximum absolute atomic E-state index is 12.2. The van der Waals surface area contributed by atoms with Crippen LogP contribution in [0.2, 0.25) is 0 Å². The monoisotopic (exact) mass is 317 g/mol. The van der Waals surface area contributed by atoms with E-state index >= 15 is 0 Å². The minimum atomic E-state index is -0.851. The fourth-order valence-corrected chi connectivity index (χ4v) is 2.46. The smallest absolute Gasteiger partial charge is 0.298 e. The van der Waals surface area contributed by atoms with Crippen molar-refractivity contribution in [2.24, 2.45) is 0 Å². The van der Waals surface area contributed by atoms with E-state index in [0.717, 1.165) is 12.8 Å². The summed E-state index contributed by atoms with van der Waals surface area (Å²) in [6.45, 7) is 3.66. The summed E-state index contributed by atoms with van der Waals surface area (Å²) in [5, 5.41) is 0.645. The molecule has 0 spiro atoms. The van der Waals surface area contributed by atoms with Crippen LogP contribution in [0.15, 0.2) is 24.3 Å². The predicted molar refractivity (Wildman–Crippen MR) is 84.2 cm³/mol. The Balaban J connectivity index is 2.14. The second kappa shape index (κ2) is 7.58. The van der Waals surface area contributed by atoms with Crippen LogP contribution in [0, 0.1) is 6.92 Å². The minimum absolute atomic E-state index is 0.201. The first-order chi connectivity index (χ1) is 11.1. The van der Waals surface area contributed by atoms with Gasteiger partial charge in [-0.05, 0) is 19.4 Å². The Morgan fingerprint density at radius 2 is 1.91 bits per heavy atom. The fraction of sp³-hybridized carbons (Fsp3) is 0.353. The van der Waals surface area contributed by atoms with Crippen molar-refractivity contribution in [1.29, 1.82) is 0 Å². The molecule has 6 nitrogen and oxygen atoms in total. The molecule has 2 aromatic rings. The highest BCUT2D eigenvalue weighted by atomic mass is 17.2. The summed E-state index contributed by atoms with van der Waals surface area (Å²) in [7, 11) is 0. The molecule has 0 fully saturated rings. The number of para-hydroxylation sites is 1. The third kappa shape index (κ3) is 3.59. The number of fused-ring (bicyclic) bond motifs is 1. The molecule has 23 heavy (non-hydrogen) atoms. The second-order valence-electron chi connectivity index (χ2n) is 5.23. The number of benzene rings is 1. The van der Waals surface area contributed by atoms with E-state index in [0.29, 0.717) is 34.9 Å². The molecule has 0 aliphatic heterocycles. The molecule has 0 saturated heterocycles. The number of carbonyl (C=O) groups excluding carboxylic acids is 3. The highest BCUT2D eigenvalue weighted by Gasteiger charge is 2.20. The van der Waals surface area contributed by atoms with Gasteiger partial charge in [-0.1, -0.05) is 38.0 Å². The molecule has 1 aromatic heterocycles. The Labute approximate surface area is 133 Å². The number of aromatic nitrogens is 1. The zero-order valence-electron chi connectivity index (χ0n) is 13.2. The van der Waals surface area contributed by atoms with Crippen LogP contribution in [0.4, 0.5) is 4.79 Å². The lowest BCUT2D eigenvalue weighted by Gasteiger charge is -2.06. The van der Waals surface area contributed by atoms with Crippen LogP contribution in [0.3, 0.4) is 0 Å². The van der Waals surface area contributed by atoms with Gasteiger partial charge in [0.25, 0.3) is 0 Å². The Hall–Kier alpha value is -2.63. The highest BCUT2D eigenvalue weighted by Crippen LogP contribution is 2.24. The normalized spacial score (nSPS) is 10.5. The van der Waals surface area contributed by atoms with Gasteiger partial charge in [0.1, 0.15) is 0 Å². The van der Waals surface area contributed by atoms with Gasteiger partial charge in [0.2, 0.25) is 0 Å². The Morgan fingerprint density at radius 1 is 1.17 bits per heavy atom. The van der Waals surface area contributed by atoms with Crippen LogP contribution in [0.25, 0.3) is 10.9 Å². The molecule has 0 unspecified atom stereocenters. The Bertz CT molecular complexity index is 732. The van der Waals surface area contributed by atoms with E-state index in [4.69, 9.17) is 0 Å². The van der Waals surface area contributed by atoms with E-state index in [1.54, 1.807) is 31.2 Å². The molecule has 0 saturated carbocycles. The maximum atomic E-state index is 12.2. The standard InChI is InChI=1S/C17H19NO5/c1-3-4-5-10-16(20)22-23-17(21)18-12(2)14(11-19)13-8-6-7-9-15(13)18/h6-9,11H,3-5,10H2,1-2H3. The summed E-state index contributed by atoms with van der Waals surface area (Å²) in [5.41, 5.74) is 1.37. The number of hydrogen-bond acceptors (Lipinski definition) is 5. The maximum Gasteiger partial charge on any atom is 0.461 e. The van der Waals surface area contributed by atoms with Gasteiger partial charge < -0.3 is 0 Å². The van der Waals surface area contributed by atoms with Gasteiger partial charge in [-0.2, -0.15) is 0 Å². The number of hydrogen-bond donors (Lipinski definition) is 0. The molecule has 0 atom stereocenters. The van der Waals surface area contributed by atoms with Crippen molar-refractivity contribution in [3.63, 3.8) is 0 Å². The van der Waals surface area contributed by atoms with E-state index in [9.17, 15) is 14.4 Å². The molecule has 0 N–H and O–H groups in total. The zero-order valence-corrected chi connectivity index (χ0v) is 13.2. The van der Waals surface area contributed by atoms with Gasteiger partial charge in [0.15, 0.2) is 6.29 Å². The zero-order chi connectivity index (χ0) is 16.8. The quantitative estimate of drug-likeness (QED) is 0.363. The van der Waals surface area contributed by atoms with Crippen LogP contribution in [0.1, 0.15) is 48.7 Å². The predicted octanol–water partition coefficient (Wildman–Crippen LogP) is 3.79. The molecule has 0 bridgehead atoms. The summed E-state index contributed by atoms with van der Waals surface area (Å²) in [4.78, 5) is 44.1. The van der Waals surface area contributed by atoms with Crippen molar-refractivity contribution in [3.8, 4) is 0 Å². The van der Waals surface area contributed by atoms with Crippen LogP contribution in [-0.4, -0.2) is 22.9 Å². The van der Waals surface area contributed by atoms with Crippen molar-refractivity contribution in [2.45, 2.75) is 39.5 Å². The second-order valence-corrected chi connectivity index (χ2v) is 5.23. The average Bonchev–Trinajstić information content (AvgIpc) is 2.84. The average molecular weight is 317 g/mol. The molecular weight excluding hydrogens is 298 g/mol. The fourth-order valence-electron chi connectivity index (χ4n) is 2.46. The number of aldehydes is 1. The molecule has 1 aromatic carbocycles. The summed E-state index contributed by atoms with van der Waals surface area (Å²) in [6.07, 6.45) is 2.62. The minimum Gasteiger partial charge on any atom is -0.298 e. The topological polar surface area (TPSA) is 74.6 Å². The Morgan fingerprint density at radius 3 is 2.61 bits per heavy atom. The van der Waals surface area contributed by atoms with Gasteiger partial charge >= 0.3 is 12.1 Å². The van der Waals surface area contributed by atoms with Crippen LogP contribution in [0.5, 0.6) is 0 Å². The van der Waals surface area contributed by atoms with Gasteiger partial charge in [0, 0.05) is 16.6 Å². The summed E-state index contributed by atoms with van der Waals surface area (Å²) in [6, 6.07) is 6.96. The molecule has 0 radical (unpaired) electrons. The van der Waals surface area contributed by atoms with Crippen molar-refractivity contribution in [2.75, 3.05) is 0 Å². The van der Waals surface area contributed by atoms with Gasteiger partial charge in [-0.3, -0.25) is 4.79 Å². The molecule has 122 valence electrons. The third-order valence-electron chi connectivity index (χ3n) is 3.65. The van der Waals surface area contributed by atoms with Gasteiger partial charge in [0.05, 0.1) is 11.9 Å². The van der Waals surface area contributed by atoms with E-state index in [1.165, 1.54) is 4.57 Å². The van der Waals surface area contributed by atoms with Gasteiger partial charge in [-0.25, -0.2) is 23.9 Å². The van der Waals surface area contributed by atoms with E-state index < -0.39 is 12.1 Å². The van der Waals surface area contributed by atoms with Crippen molar-refractivity contribution >= 4 is 29.3 Å².